The highest BCUT2D eigenvalue weighted by atomic mass is 79.9. The summed E-state index contributed by atoms with van der Waals surface area (Å²) in [5, 5.41) is 4.42. The SMILES string of the molecule is Cc1cc2ncnc(Nc3ccc(C)c(Br)c3Br)c2cc1C. The van der Waals surface area contributed by atoms with E-state index in [-0.39, 0.29) is 0 Å². The lowest BCUT2D eigenvalue weighted by Crippen LogP contribution is -1.98. The number of aromatic nitrogens is 2. The minimum atomic E-state index is 0.810. The summed E-state index contributed by atoms with van der Waals surface area (Å²) in [6, 6.07) is 8.33. The van der Waals surface area contributed by atoms with Gasteiger partial charge in [0.15, 0.2) is 0 Å². The first-order valence-electron chi connectivity index (χ1n) is 6.91. The van der Waals surface area contributed by atoms with Crippen LogP contribution in [0.4, 0.5) is 11.5 Å². The normalized spacial score (nSPS) is 11.0. The number of nitrogens with zero attached hydrogens (tertiary/aromatic N) is 2. The highest BCUT2D eigenvalue weighted by molar-refractivity contribution is 9.13. The second kappa shape index (κ2) is 5.97. The van der Waals surface area contributed by atoms with E-state index in [4.69, 9.17) is 0 Å². The summed E-state index contributed by atoms with van der Waals surface area (Å²) < 4.78 is 2.03. The van der Waals surface area contributed by atoms with Crippen LogP contribution in [0.3, 0.4) is 0 Å². The Kier molecular flexibility index (Phi) is 4.19. The molecule has 3 rings (SSSR count). The fourth-order valence-corrected chi connectivity index (χ4v) is 3.18. The molecule has 2 aromatic carbocycles. The van der Waals surface area contributed by atoms with E-state index >= 15 is 0 Å². The van der Waals surface area contributed by atoms with Gasteiger partial charge < -0.3 is 5.32 Å². The van der Waals surface area contributed by atoms with Crippen molar-refractivity contribution in [1.29, 1.82) is 0 Å². The average Bonchev–Trinajstić information content (AvgIpc) is 2.50. The Morgan fingerprint density at radius 3 is 2.36 bits per heavy atom. The second-order valence-corrected chi connectivity index (χ2v) is 6.94. The number of hydrogen-bond acceptors (Lipinski definition) is 3. The smallest absolute Gasteiger partial charge is 0.141 e. The van der Waals surface area contributed by atoms with Crippen LogP contribution < -0.4 is 5.32 Å². The van der Waals surface area contributed by atoms with Crippen molar-refractivity contribution in [3.8, 4) is 0 Å². The van der Waals surface area contributed by atoms with Crippen LogP contribution >= 0.6 is 31.9 Å². The summed E-state index contributed by atoms with van der Waals surface area (Å²) >= 11 is 7.22. The van der Waals surface area contributed by atoms with Gasteiger partial charge in [-0.05, 0) is 87.5 Å². The number of rotatable bonds is 2. The molecule has 3 aromatic rings. The van der Waals surface area contributed by atoms with Gasteiger partial charge in [-0.1, -0.05) is 6.07 Å². The Bertz CT molecular complexity index is 875. The zero-order valence-electron chi connectivity index (χ0n) is 12.5. The van der Waals surface area contributed by atoms with Crippen LogP contribution in [0.2, 0.25) is 0 Å². The summed E-state index contributed by atoms with van der Waals surface area (Å²) in [4.78, 5) is 8.78. The summed E-state index contributed by atoms with van der Waals surface area (Å²) in [7, 11) is 0. The van der Waals surface area contributed by atoms with Crippen LogP contribution in [-0.4, -0.2) is 9.97 Å². The van der Waals surface area contributed by atoms with Gasteiger partial charge in [-0.2, -0.15) is 0 Å². The molecule has 0 atom stereocenters. The Labute approximate surface area is 146 Å². The highest BCUT2D eigenvalue weighted by Gasteiger charge is 2.10. The van der Waals surface area contributed by atoms with Crippen molar-refractivity contribution in [1.82, 2.24) is 9.97 Å². The molecule has 1 heterocycles. The van der Waals surface area contributed by atoms with Crippen molar-refractivity contribution in [3.05, 3.63) is 56.2 Å². The van der Waals surface area contributed by atoms with Gasteiger partial charge in [0, 0.05) is 9.86 Å². The highest BCUT2D eigenvalue weighted by Crippen LogP contribution is 2.35. The summed E-state index contributed by atoms with van der Waals surface area (Å²) in [5.74, 6) is 0.810. The van der Waals surface area contributed by atoms with Crippen LogP contribution in [0, 0.1) is 20.8 Å². The molecular formula is C17H15Br2N3. The molecule has 22 heavy (non-hydrogen) atoms. The fourth-order valence-electron chi connectivity index (χ4n) is 2.29. The van der Waals surface area contributed by atoms with Gasteiger partial charge >= 0.3 is 0 Å². The lowest BCUT2D eigenvalue weighted by atomic mass is 10.1. The zero-order valence-corrected chi connectivity index (χ0v) is 15.7. The van der Waals surface area contributed by atoms with E-state index in [9.17, 15) is 0 Å². The molecule has 0 amide bonds. The van der Waals surface area contributed by atoms with Crippen LogP contribution in [0.25, 0.3) is 10.9 Å². The van der Waals surface area contributed by atoms with E-state index in [1.807, 2.05) is 6.07 Å². The third-order valence-corrected chi connectivity index (χ3v) is 6.16. The number of anilines is 2. The van der Waals surface area contributed by atoms with Gasteiger partial charge in [0.05, 0.1) is 15.7 Å². The van der Waals surface area contributed by atoms with Gasteiger partial charge in [-0.25, -0.2) is 9.97 Å². The van der Waals surface area contributed by atoms with Crippen molar-refractivity contribution >= 4 is 54.3 Å². The van der Waals surface area contributed by atoms with Crippen molar-refractivity contribution in [2.45, 2.75) is 20.8 Å². The molecule has 0 aliphatic rings. The topological polar surface area (TPSA) is 37.8 Å². The molecule has 0 unspecified atom stereocenters. The predicted octanol–water partition coefficient (Wildman–Crippen LogP) is 5.82. The molecule has 1 aromatic heterocycles. The minimum absolute atomic E-state index is 0.810. The number of hydrogen-bond donors (Lipinski definition) is 1. The monoisotopic (exact) mass is 419 g/mol. The number of halogens is 2. The van der Waals surface area contributed by atoms with Crippen molar-refractivity contribution in [3.63, 3.8) is 0 Å². The van der Waals surface area contributed by atoms with E-state index in [1.165, 1.54) is 16.7 Å². The Hall–Kier alpha value is -1.46. The number of aryl methyl sites for hydroxylation is 3. The minimum Gasteiger partial charge on any atom is -0.339 e. The van der Waals surface area contributed by atoms with Gasteiger partial charge in [-0.3, -0.25) is 0 Å². The predicted molar refractivity (Wildman–Crippen MR) is 98.9 cm³/mol. The standard InChI is InChI=1S/C17H15Br2N3/c1-9-4-5-13(16(19)15(9)18)22-17-12-6-10(2)11(3)7-14(12)20-8-21-17/h4-8H,1-3H3,(H,20,21,22). The van der Waals surface area contributed by atoms with Crippen molar-refractivity contribution in [2.24, 2.45) is 0 Å². The summed E-state index contributed by atoms with van der Waals surface area (Å²) in [6.07, 6.45) is 1.59. The first kappa shape index (κ1) is 15.4. The molecule has 3 nitrogen and oxygen atoms in total. The molecule has 0 saturated carbocycles. The second-order valence-electron chi connectivity index (χ2n) is 5.36. The van der Waals surface area contributed by atoms with Crippen molar-refractivity contribution in [2.75, 3.05) is 5.32 Å². The lowest BCUT2D eigenvalue weighted by molar-refractivity contribution is 1.21. The van der Waals surface area contributed by atoms with Gasteiger partial charge in [-0.15, -0.1) is 0 Å². The largest absolute Gasteiger partial charge is 0.339 e. The Morgan fingerprint density at radius 1 is 0.864 bits per heavy atom. The van der Waals surface area contributed by atoms with E-state index in [0.29, 0.717) is 0 Å². The van der Waals surface area contributed by atoms with E-state index in [0.717, 1.165) is 31.4 Å². The van der Waals surface area contributed by atoms with Crippen LogP contribution in [0.15, 0.2) is 39.5 Å². The van der Waals surface area contributed by atoms with E-state index in [1.54, 1.807) is 6.33 Å². The molecule has 0 fully saturated rings. The molecule has 0 aliphatic carbocycles. The van der Waals surface area contributed by atoms with Crippen LogP contribution in [0.5, 0.6) is 0 Å². The maximum absolute atomic E-state index is 4.41. The average molecular weight is 421 g/mol. The van der Waals surface area contributed by atoms with Crippen LogP contribution in [0.1, 0.15) is 16.7 Å². The number of benzene rings is 2. The van der Waals surface area contributed by atoms with Gasteiger partial charge in [0.1, 0.15) is 12.1 Å². The van der Waals surface area contributed by atoms with Gasteiger partial charge in [0.25, 0.3) is 0 Å². The molecule has 1 N–H and O–H groups in total. The molecule has 0 aliphatic heterocycles. The Balaban J connectivity index is 2.12. The summed E-state index contributed by atoms with van der Waals surface area (Å²) in [6.45, 7) is 6.26. The molecule has 5 heteroatoms. The Morgan fingerprint density at radius 2 is 1.59 bits per heavy atom. The molecular weight excluding hydrogens is 406 g/mol. The number of nitrogens with one attached hydrogen (secondary N) is 1. The quantitative estimate of drug-likeness (QED) is 0.567. The molecule has 0 radical (unpaired) electrons. The summed E-state index contributed by atoms with van der Waals surface area (Å²) in [5.41, 5.74) is 5.56. The molecule has 0 bridgehead atoms. The maximum atomic E-state index is 4.41. The van der Waals surface area contributed by atoms with Gasteiger partial charge in [0.2, 0.25) is 0 Å². The third-order valence-electron chi connectivity index (χ3n) is 3.78. The zero-order chi connectivity index (χ0) is 15.9. The lowest BCUT2D eigenvalue weighted by Gasteiger charge is -2.13. The molecule has 0 spiro atoms. The maximum Gasteiger partial charge on any atom is 0.141 e. The first-order chi connectivity index (χ1) is 10.5. The fraction of sp³-hybridized carbons (Fsp3) is 0.176. The number of fused-ring (bicyclic) bond motifs is 1. The molecule has 112 valence electrons. The van der Waals surface area contributed by atoms with Crippen LogP contribution in [-0.2, 0) is 0 Å². The van der Waals surface area contributed by atoms with E-state index in [2.05, 4.69) is 86.1 Å². The van der Waals surface area contributed by atoms with E-state index < -0.39 is 0 Å². The van der Waals surface area contributed by atoms with Crippen molar-refractivity contribution < 1.29 is 0 Å². The molecule has 0 saturated heterocycles. The first-order valence-corrected chi connectivity index (χ1v) is 8.49. The third kappa shape index (κ3) is 2.75.